The van der Waals surface area contributed by atoms with Crippen molar-refractivity contribution in [3.63, 3.8) is 0 Å². The first-order valence-electron chi connectivity index (χ1n) is 7.20. The van der Waals surface area contributed by atoms with Gasteiger partial charge >= 0.3 is 0 Å². The molecular formula is C17H16FNO4. The average molecular weight is 317 g/mol. The van der Waals surface area contributed by atoms with E-state index in [-0.39, 0.29) is 12.5 Å². The number of ether oxygens (including phenoxy) is 3. The van der Waals surface area contributed by atoms with Crippen LogP contribution in [0, 0.1) is 12.7 Å². The van der Waals surface area contributed by atoms with Crippen molar-refractivity contribution in [2.24, 2.45) is 0 Å². The molecule has 0 spiro atoms. The van der Waals surface area contributed by atoms with Crippen molar-refractivity contribution in [1.82, 2.24) is 0 Å². The van der Waals surface area contributed by atoms with Gasteiger partial charge in [0.05, 0.1) is 0 Å². The number of carbonyl (C=O) groups is 1. The molecule has 0 fully saturated rings. The van der Waals surface area contributed by atoms with Gasteiger partial charge in [0.1, 0.15) is 24.8 Å². The lowest BCUT2D eigenvalue weighted by molar-refractivity contribution is -0.118. The Bertz CT molecular complexity index is 733. The maximum Gasteiger partial charge on any atom is 0.262 e. The number of nitrogens with one attached hydrogen (secondary N) is 1. The summed E-state index contributed by atoms with van der Waals surface area (Å²) in [5, 5.41) is 2.75. The smallest absolute Gasteiger partial charge is 0.262 e. The van der Waals surface area contributed by atoms with Crippen molar-refractivity contribution in [2.45, 2.75) is 6.92 Å². The predicted molar refractivity (Wildman–Crippen MR) is 82.7 cm³/mol. The summed E-state index contributed by atoms with van der Waals surface area (Å²) in [5.41, 5.74) is 1.48. The van der Waals surface area contributed by atoms with Crippen LogP contribution in [0.15, 0.2) is 36.4 Å². The summed E-state index contributed by atoms with van der Waals surface area (Å²) in [6.45, 7) is 2.64. The zero-order chi connectivity index (χ0) is 16.2. The molecule has 0 aliphatic carbocycles. The number of rotatable bonds is 4. The minimum absolute atomic E-state index is 0.211. The highest BCUT2D eigenvalue weighted by Crippen LogP contribution is 2.35. The fourth-order valence-corrected chi connectivity index (χ4v) is 2.22. The molecule has 0 bridgehead atoms. The molecule has 6 heteroatoms. The molecule has 1 aliphatic heterocycles. The normalized spacial score (nSPS) is 12.6. The fourth-order valence-electron chi connectivity index (χ4n) is 2.22. The van der Waals surface area contributed by atoms with Crippen LogP contribution < -0.4 is 19.5 Å². The SMILES string of the molecule is Cc1cc2c(cc1NC(=O)COc1cccc(F)c1)OCCO2. The Morgan fingerprint density at radius 1 is 1.22 bits per heavy atom. The number of amides is 1. The number of benzene rings is 2. The molecule has 1 heterocycles. The predicted octanol–water partition coefficient (Wildman–Crippen LogP) is 2.92. The van der Waals surface area contributed by atoms with Crippen molar-refractivity contribution in [1.29, 1.82) is 0 Å². The van der Waals surface area contributed by atoms with Crippen LogP contribution in [-0.4, -0.2) is 25.7 Å². The summed E-state index contributed by atoms with van der Waals surface area (Å²) in [6, 6.07) is 9.19. The number of fused-ring (bicyclic) bond motifs is 1. The molecular weight excluding hydrogens is 301 g/mol. The molecule has 0 radical (unpaired) electrons. The van der Waals surface area contributed by atoms with Gasteiger partial charge in [-0.15, -0.1) is 0 Å². The molecule has 120 valence electrons. The molecule has 0 saturated heterocycles. The lowest BCUT2D eigenvalue weighted by atomic mass is 10.1. The van der Waals surface area contributed by atoms with E-state index in [2.05, 4.69) is 5.32 Å². The second-order valence-corrected chi connectivity index (χ2v) is 5.11. The van der Waals surface area contributed by atoms with Gasteiger partial charge in [0.25, 0.3) is 5.91 Å². The minimum atomic E-state index is -0.411. The van der Waals surface area contributed by atoms with Gasteiger partial charge in [0.15, 0.2) is 18.1 Å². The van der Waals surface area contributed by atoms with Gasteiger partial charge < -0.3 is 19.5 Å². The molecule has 5 nitrogen and oxygen atoms in total. The summed E-state index contributed by atoms with van der Waals surface area (Å²) in [7, 11) is 0. The maximum atomic E-state index is 13.0. The zero-order valence-corrected chi connectivity index (χ0v) is 12.6. The topological polar surface area (TPSA) is 56.8 Å². The zero-order valence-electron chi connectivity index (χ0n) is 12.6. The van der Waals surface area contributed by atoms with Crippen molar-refractivity contribution >= 4 is 11.6 Å². The number of aryl methyl sites for hydroxylation is 1. The minimum Gasteiger partial charge on any atom is -0.486 e. The van der Waals surface area contributed by atoms with E-state index < -0.39 is 5.82 Å². The number of hydrogen-bond donors (Lipinski definition) is 1. The van der Waals surface area contributed by atoms with E-state index >= 15 is 0 Å². The maximum absolute atomic E-state index is 13.0. The molecule has 0 unspecified atom stereocenters. The van der Waals surface area contributed by atoms with Gasteiger partial charge in [-0.25, -0.2) is 4.39 Å². The van der Waals surface area contributed by atoms with E-state index in [1.54, 1.807) is 12.1 Å². The lowest BCUT2D eigenvalue weighted by Crippen LogP contribution is -2.21. The van der Waals surface area contributed by atoms with Crippen LogP contribution in [0.25, 0.3) is 0 Å². The largest absolute Gasteiger partial charge is 0.486 e. The number of anilines is 1. The average Bonchev–Trinajstić information content (AvgIpc) is 2.54. The molecule has 0 saturated carbocycles. The van der Waals surface area contributed by atoms with Crippen molar-refractivity contribution in [2.75, 3.05) is 25.1 Å². The van der Waals surface area contributed by atoms with Gasteiger partial charge in [-0.1, -0.05) is 6.07 Å². The Labute approximate surface area is 133 Å². The number of hydrogen-bond acceptors (Lipinski definition) is 4. The molecule has 2 aromatic carbocycles. The highest BCUT2D eigenvalue weighted by molar-refractivity contribution is 5.93. The Morgan fingerprint density at radius 3 is 2.70 bits per heavy atom. The fraction of sp³-hybridized carbons (Fsp3) is 0.235. The summed E-state index contributed by atoms with van der Waals surface area (Å²) in [5.74, 6) is 0.824. The molecule has 1 N–H and O–H groups in total. The summed E-state index contributed by atoms with van der Waals surface area (Å²) < 4.78 is 29.3. The summed E-state index contributed by atoms with van der Waals surface area (Å²) in [6.07, 6.45) is 0. The van der Waals surface area contributed by atoms with Crippen LogP contribution in [0.2, 0.25) is 0 Å². The molecule has 1 amide bonds. The van der Waals surface area contributed by atoms with E-state index in [4.69, 9.17) is 14.2 Å². The number of carbonyl (C=O) groups excluding carboxylic acids is 1. The highest BCUT2D eigenvalue weighted by Gasteiger charge is 2.15. The van der Waals surface area contributed by atoms with Crippen LogP contribution in [0.3, 0.4) is 0 Å². The van der Waals surface area contributed by atoms with Crippen molar-refractivity contribution in [3.05, 3.63) is 47.8 Å². The first-order chi connectivity index (χ1) is 11.1. The molecule has 2 aromatic rings. The van der Waals surface area contributed by atoms with Crippen LogP contribution in [0.4, 0.5) is 10.1 Å². The third-order valence-electron chi connectivity index (χ3n) is 3.33. The van der Waals surface area contributed by atoms with Crippen molar-refractivity contribution in [3.8, 4) is 17.2 Å². The monoisotopic (exact) mass is 317 g/mol. The Hall–Kier alpha value is -2.76. The third-order valence-corrected chi connectivity index (χ3v) is 3.33. The molecule has 1 aliphatic rings. The second kappa shape index (κ2) is 6.56. The Morgan fingerprint density at radius 2 is 1.96 bits per heavy atom. The molecule has 3 rings (SSSR count). The molecule has 0 atom stereocenters. The standard InChI is InChI=1S/C17H16FNO4/c1-11-7-15-16(22-6-5-21-15)9-14(11)19-17(20)10-23-13-4-2-3-12(18)8-13/h2-4,7-9H,5-6,10H2,1H3,(H,19,20). The van der Waals surface area contributed by atoms with Gasteiger partial charge in [-0.2, -0.15) is 0 Å². The van der Waals surface area contributed by atoms with Gasteiger partial charge in [-0.3, -0.25) is 4.79 Å². The van der Waals surface area contributed by atoms with Gasteiger partial charge in [-0.05, 0) is 30.7 Å². The quantitative estimate of drug-likeness (QED) is 0.942. The van der Waals surface area contributed by atoms with Gasteiger partial charge in [0.2, 0.25) is 0 Å². The van der Waals surface area contributed by atoms with E-state index in [0.717, 1.165) is 5.56 Å². The summed E-state index contributed by atoms with van der Waals surface area (Å²) in [4.78, 5) is 12.0. The van der Waals surface area contributed by atoms with Crippen LogP contribution in [0.1, 0.15) is 5.56 Å². The number of halogens is 1. The van der Waals surface area contributed by atoms with Crippen LogP contribution in [0.5, 0.6) is 17.2 Å². The van der Waals surface area contributed by atoms with Crippen LogP contribution in [-0.2, 0) is 4.79 Å². The third kappa shape index (κ3) is 3.71. The Balaban J connectivity index is 1.63. The molecule has 0 aromatic heterocycles. The lowest BCUT2D eigenvalue weighted by Gasteiger charge is -2.20. The Kier molecular flexibility index (Phi) is 4.32. The highest BCUT2D eigenvalue weighted by atomic mass is 19.1. The second-order valence-electron chi connectivity index (χ2n) is 5.11. The first kappa shape index (κ1) is 15.1. The summed E-state index contributed by atoms with van der Waals surface area (Å²) >= 11 is 0. The first-order valence-corrected chi connectivity index (χ1v) is 7.20. The molecule has 23 heavy (non-hydrogen) atoms. The van der Waals surface area contributed by atoms with Crippen LogP contribution >= 0.6 is 0 Å². The van der Waals surface area contributed by atoms with E-state index in [0.29, 0.717) is 36.1 Å². The van der Waals surface area contributed by atoms with E-state index in [1.165, 1.54) is 18.2 Å². The van der Waals surface area contributed by atoms with Crippen molar-refractivity contribution < 1.29 is 23.4 Å². The van der Waals surface area contributed by atoms with E-state index in [1.807, 2.05) is 13.0 Å². The van der Waals surface area contributed by atoms with E-state index in [9.17, 15) is 9.18 Å². The van der Waals surface area contributed by atoms with Gasteiger partial charge in [0, 0.05) is 17.8 Å².